The number of hydrogen-bond acceptors (Lipinski definition) is 5. The highest BCUT2D eigenvalue weighted by atomic mass is 32.2. The van der Waals surface area contributed by atoms with Crippen LogP contribution in [0.2, 0.25) is 0 Å². The van der Waals surface area contributed by atoms with Crippen molar-refractivity contribution in [3.8, 4) is 5.75 Å². The molecule has 0 aliphatic carbocycles. The predicted octanol–water partition coefficient (Wildman–Crippen LogP) is 1.17. The zero-order valence-electron chi connectivity index (χ0n) is 14.1. The summed E-state index contributed by atoms with van der Waals surface area (Å²) in [4.78, 5) is 13.7. The van der Waals surface area contributed by atoms with E-state index in [1.54, 1.807) is 29.2 Å². The van der Waals surface area contributed by atoms with Crippen molar-refractivity contribution in [1.29, 1.82) is 0 Å². The van der Waals surface area contributed by atoms with Crippen molar-refractivity contribution in [3.63, 3.8) is 0 Å². The van der Waals surface area contributed by atoms with E-state index in [0.29, 0.717) is 37.4 Å². The summed E-state index contributed by atoms with van der Waals surface area (Å²) < 4.78 is 32.3. The van der Waals surface area contributed by atoms with E-state index in [-0.39, 0.29) is 12.1 Å². The number of hydrogen-bond donors (Lipinski definition) is 2. The van der Waals surface area contributed by atoms with Crippen LogP contribution in [0.4, 0.5) is 5.69 Å². The van der Waals surface area contributed by atoms with Gasteiger partial charge in [0.2, 0.25) is 15.9 Å². The number of piperidine rings is 1. The van der Waals surface area contributed by atoms with E-state index in [0.717, 1.165) is 0 Å². The molecule has 1 heterocycles. The number of nitrogens with one attached hydrogen (secondary N) is 1. The molecule has 0 atom stereocenters. The van der Waals surface area contributed by atoms with Crippen molar-refractivity contribution < 1.29 is 17.9 Å². The quantitative estimate of drug-likeness (QED) is 0.797. The molecular formula is C16H25N3O4S. The Hall–Kier alpha value is -1.80. The maximum absolute atomic E-state index is 12.2. The second-order valence-electron chi connectivity index (χ2n) is 6.27. The van der Waals surface area contributed by atoms with E-state index in [4.69, 9.17) is 10.5 Å². The Bertz CT molecular complexity index is 650. The molecule has 1 fully saturated rings. The molecule has 3 N–H and O–H groups in total. The van der Waals surface area contributed by atoms with Gasteiger partial charge in [-0.05, 0) is 51.0 Å². The van der Waals surface area contributed by atoms with Gasteiger partial charge < -0.3 is 15.4 Å². The van der Waals surface area contributed by atoms with E-state index >= 15 is 0 Å². The smallest absolute Gasteiger partial charge is 0.241 e. The van der Waals surface area contributed by atoms with Gasteiger partial charge in [0, 0.05) is 24.8 Å². The monoisotopic (exact) mass is 355 g/mol. The molecule has 24 heavy (non-hydrogen) atoms. The molecule has 1 aromatic rings. The number of carbonyl (C=O) groups is 1. The molecule has 0 unspecified atom stereocenters. The Morgan fingerprint density at radius 1 is 1.29 bits per heavy atom. The standard InChI is InChI=1S/C16H25N3O4S/c1-12(2)23-15-5-3-14(4-6-15)18-24(21,22)11-16(20)19-9-7-13(17)8-10-19/h3-6,12-13,18H,7-11,17H2,1-2H3. The van der Waals surface area contributed by atoms with Gasteiger partial charge >= 0.3 is 0 Å². The highest BCUT2D eigenvalue weighted by Crippen LogP contribution is 2.18. The second-order valence-corrected chi connectivity index (χ2v) is 7.99. The Kier molecular flexibility index (Phi) is 6.06. The fourth-order valence-electron chi connectivity index (χ4n) is 2.49. The summed E-state index contributed by atoms with van der Waals surface area (Å²) in [6, 6.07) is 6.69. The topological polar surface area (TPSA) is 102 Å². The molecule has 0 radical (unpaired) electrons. The first-order valence-electron chi connectivity index (χ1n) is 8.06. The SMILES string of the molecule is CC(C)Oc1ccc(NS(=O)(=O)CC(=O)N2CCC(N)CC2)cc1. The first-order chi connectivity index (χ1) is 11.2. The summed E-state index contributed by atoms with van der Waals surface area (Å²) in [6.07, 6.45) is 1.45. The number of anilines is 1. The van der Waals surface area contributed by atoms with Crippen LogP contribution in [-0.4, -0.2) is 50.2 Å². The second kappa shape index (κ2) is 7.85. The molecule has 8 heteroatoms. The predicted molar refractivity (Wildman–Crippen MR) is 93.4 cm³/mol. The Labute approximate surface area is 143 Å². The third kappa shape index (κ3) is 5.68. The third-order valence-electron chi connectivity index (χ3n) is 3.71. The minimum Gasteiger partial charge on any atom is -0.491 e. The number of ether oxygens (including phenoxy) is 1. The van der Waals surface area contributed by atoms with Crippen LogP contribution in [0.1, 0.15) is 26.7 Å². The number of rotatable bonds is 6. The lowest BCUT2D eigenvalue weighted by Crippen LogP contribution is -2.45. The zero-order valence-corrected chi connectivity index (χ0v) is 14.9. The van der Waals surface area contributed by atoms with Crippen molar-refractivity contribution in [3.05, 3.63) is 24.3 Å². The molecule has 1 aromatic carbocycles. The summed E-state index contributed by atoms with van der Waals surface area (Å²) in [5.74, 6) is -0.296. The number of likely N-dealkylation sites (tertiary alicyclic amines) is 1. The molecule has 0 spiro atoms. The van der Waals surface area contributed by atoms with E-state index < -0.39 is 21.7 Å². The number of benzene rings is 1. The molecule has 0 saturated carbocycles. The van der Waals surface area contributed by atoms with Crippen LogP contribution in [0.25, 0.3) is 0 Å². The summed E-state index contributed by atoms with van der Waals surface area (Å²) >= 11 is 0. The lowest BCUT2D eigenvalue weighted by Gasteiger charge is -2.30. The summed E-state index contributed by atoms with van der Waals surface area (Å²) in [5.41, 5.74) is 6.19. The van der Waals surface area contributed by atoms with Crippen LogP contribution >= 0.6 is 0 Å². The lowest BCUT2D eigenvalue weighted by molar-refractivity contribution is -0.129. The maximum atomic E-state index is 12.2. The summed E-state index contributed by atoms with van der Waals surface area (Å²) in [7, 11) is -3.75. The van der Waals surface area contributed by atoms with Gasteiger partial charge in [-0.2, -0.15) is 0 Å². The Morgan fingerprint density at radius 2 is 1.88 bits per heavy atom. The molecule has 1 aliphatic heterocycles. The molecule has 1 aliphatic rings. The average molecular weight is 355 g/mol. The van der Waals surface area contributed by atoms with Gasteiger partial charge in [-0.1, -0.05) is 0 Å². The van der Waals surface area contributed by atoms with Gasteiger partial charge in [-0.3, -0.25) is 9.52 Å². The van der Waals surface area contributed by atoms with Gasteiger partial charge in [-0.15, -0.1) is 0 Å². The molecule has 1 saturated heterocycles. The number of sulfonamides is 1. The molecule has 0 bridgehead atoms. The Balaban J connectivity index is 1.92. The van der Waals surface area contributed by atoms with Gasteiger partial charge in [0.15, 0.2) is 0 Å². The summed E-state index contributed by atoms with van der Waals surface area (Å²) in [5, 5.41) is 0. The van der Waals surface area contributed by atoms with Crippen LogP contribution < -0.4 is 15.2 Å². The van der Waals surface area contributed by atoms with Crippen molar-refractivity contribution in [2.45, 2.75) is 38.8 Å². The zero-order chi connectivity index (χ0) is 17.7. The van der Waals surface area contributed by atoms with Crippen LogP contribution in [0.3, 0.4) is 0 Å². The number of carbonyl (C=O) groups excluding carboxylic acids is 1. The minimum absolute atomic E-state index is 0.0443. The molecule has 2 rings (SSSR count). The fraction of sp³-hybridized carbons (Fsp3) is 0.562. The highest BCUT2D eigenvalue weighted by Gasteiger charge is 2.25. The molecule has 134 valence electrons. The fourth-order valence-corrected chi connectivity index (χ4v) is 3.57. The van der Waals surface area contributed by atoms with Crippen LogP contribution in [0.5, 0.6) is 5.75 Å². The number of amides is 1. The van der Waals surface area contributed by atoms with Gasteiger partial charge in [0.1, 0.15) is 11.5 Å². The first-order valence-corrected chi connectivity index (χ1v) is 9.71. The largest absolute Gasteiger partial charge is 0.491 e. The van der Waals surface area contributed by atoms with E-state index in [1.165, 1.54) is 0 Å². The van der Waals surface area contributed by atoms with Crippen molar-refractivity contribution in [2.24, 2.45) is 5.73 Å². The summed E-state index contributed by atoms with van der Waals surface area (Å²) in [6.45, 7) is 4.85. The van der Waals surface area contributed by atoms with E-state index in [1.807, 2.05) is 13.8 Å². The van der Waals surface area contributed by atoms with Crippen LogP contribution in [-0.2, 0) is 14.8 Å². The molecule has 7 nitrogen and oxygen atoms in total. The third-order valence-corrected chi connectivity index (χ3v) is 4.88. The number of nitrogens with two attached hydrogens (primary N) is 1. The van der Waals surface area contributed by atoms with E-state index in [9.17, 15) is 13.2 Å². The van der Waals surface area contributed by atoms with Crippen molar-refractivity contribution >= 4 is 21.6 Å². The molecule has 0 aromatic heterocycles. The number of nitrogens with zero attached hydrogens (tertiary/aromatic N) is 1. The first kappa shape index (κ1) is 18.5. The lowest BCUT2D eigenvalue weighted by atomic mass is 10.1. The van der Waals surface area contributed by atoms with Gasteiger partial charge in [0.25, 0.3) is 0 Å². The highest BCUT2D eigenvalue weighted by molar-refractivity contribution is 7.93. The average Bonchev–Trinajstić information content (AvgIpc) is 2.48. The van der Waals surface area contributed by atoms with Crippen LogP contribution in [0, 0.1) is 0 Å². The van der Waals surface area contributed by atoms with Crippen LogP contribution in [0.15, 0.2) is 24.3 Å². The normalized spacial score (nSPS) is 16.2. The Morgan fingerprint density at radius 3 is 2.42 bits per heavy atom. The minimum atomic E-state index is -3.75. The van der Waals surface area contributed by atoms with Gasteiger partial charge in [0.05, 0.1) is 6.10 Å². The molecular weight excluding hydrogens is 330 g/mol. The van der Waals surface area contributed by atoms with E-state index in [2.05, 4.69) is 4.72 Å². The van der Waals surface area contributed by atoms with Crippen molar-refractivity contribution in [1.82, 2.24) is 4.90 Å². The maximum Gasteiger partial charge on any atom is 0.241 e. The van der Waals surface area contributed by atoms with Gasteiger partial charge in [-0.25, -0.2) is 8.42 Å². The van der Waals surface area contributed by atoms with Crippen molar-refractivity contribution in [2.75, 3.05) is 23.6 Å². The molecule has 1 amide bonds.